The van der Waals surface area contributed by atoms with E-state index in [9.17, 15) is 19.2 Å². The van der Waals surface area contributed by atoms with Crippen LogP contribution in [0, 0.1) is 0 Å². The molecular formula is C79H66O7. The quantitative estimate of drug-likeness (QED) is 0.107. The predicted octanol–water partition coefficient (Wildman–Crippen LogP) is 18.0. The molecule has 15 rings (SSSR count). The summed E-state index contributed by atoms with van der Waals surface area (Å²) < 4.78 is 9.99. The van der Waals surface area contributed by atoms with Crippen LogP contribution in [0.2, 0.25) is 0 Å². The third kappa shape index (κ3) is 12.2. The number of carbonyl (C=O) groups is 4. The number of carboxylic acid groups (broad SMARTS) is 1. The maximum atomic E-state index is 11.6. The van der Waals surface area contributed by atoms with Crippen molar-refractivity contribution in [2.24, 2.45) is 0 Å². The molecule has 0 fully saturated rings. The number of ether oxygens (including phenoxy) is 2. The molecule has 0 unspecified atom stereocenters. The Hall–Kier alpha value is -10.2. The van der Waals surface area contributed by atoms with Crippen molar-refractivity contribution in [2.75, 3.05) is 13.2 Å². The molecule has 86 heavy (non-hydrogen) atoms. The normalized spacial score (nSPS) is 12.4. The first kappa shape index (κ1) is 57.6. The first-order valence-corrected chi connectivity index (χ1v) is 29.6. The highest BCUT2D eigenvalue weighted by Crippen LogP contribution is 2.48. The minimum absolute atomic E-state index is 0.0719. The van der Waals surface area contributed by atoms with E-state index in [-0.39, 0.29) is 30.2 Å². The Kier molecular flexibility index (Phi) is 18.1. The lowest BCUT2D eigenvalue weighted by Crippen LogP contribution is -2.02. The van der Waals surface area contributed by atoms with Gasteiger partial charge in [-0.1, -0.05) is 255 Å². The molecule has 0 saturated heterocycles. The van der Waals surface area contributed by atoms with Crippen LogP contribution < -0.4 is 0 Å². The van der Waals surface area contributed by atoms with Crippen molar-refractivity contribution in [3.05, 3.63) is 310 Å². The first-order valence-electron chi connectivity index (χ1n) is 29.6. The van der Waals surface area contributed by atoms with E-state index in [1.54, 1.807) is 0 Å². The summed E-state index contributed by atoms with van der Waals surface area (Å²) in [5.41, 5.74) is 27.4. The van der Waals surface area contributed by atoms with E-state index < -0.39 is 5.97 Å². The molecule has 0 amide bonds. The van der Waals surface area contributed by atoms with E-state index in [0.717, 1.165) is 35.0 Å². The molecule has 5 aliphatic rings. The Balaban J connectivity index is 0.000000112. The molecule has 0 atom stereocenters. The Morgan fingerprint density at radius 3 is 0.988 bits per heavy atom. The molecular weight excluding hydrogens is 1060 g/mol. The number of aldehydes is 1. The number of rotatable bonds is 10. The number of hydrogen-bond acceptors (Lipinski definition) is 6. The van der Waals surface area contributed by atoms with E-state index >= 15 is 0 Å². The van der Waals surface area contributed by atoms with Gasteiger partial charge in [0.1, 0.15) is 6.29 Å². The third-order valence-electron chi connectivity index (χ3n) is 16.3. The van der Waals surface area contributed by atoms with Crippen molar-refractivity contribution in [3.63, 3.8) is 0 Å². The SMILES string of the molecule is CCOC(=O)CC=C1c2ccccc2-c2ccccc21.CCOC(=O)CC=C1c2ccccc2-c2ccccc21.O=C(O)CCC1c2ccccc2-c2ccccc21.O=CC1c2ccccc2-c2ccccc21.c1ccc2c(c1)Cc1ccccc1-2. The van der Waals surface area contributed by atoms with Crippen molar-refractivity contribution in [1.82, 2.24) is 0 Å². The van der Waals surface area contributed by atoms with Gasteiger partial charge in [0.05, 0.1) is 32.0 Å². The van der Waals surface area contributed by atoms with Crippen LogP contribution >= 0.6 is 0 Å². The van der Waals surface area contributed by atoms with Gasteiger partial charge in [-0.2, -0.15) is 0 Å². The van der Waals surface area contributed by atoms with Crippen molar-refractivity contribution in [3.8, 4) is 55.6 Å². The van der Waals surface area contributed by atoms with E-state index in [0.29, 0.717) is 32.5 Å². The highest BCUT2D eigenvalue weighted by molar-refractivity contribution is 6.03. The summed E-state index contributed by atoms with van der Waals surface area (Å²) in [4.78, 5) is 45.0. The second-order valence-corrected chi connectivity index (χ2v) is 21.4. The lowest BCUT2D eigenvalue weighted by molar-refractivity contribution is -0.143. The molecule has 0 spiro atoms. The summed E-state index contributed by atoms with van der Waals surface area (Å²) in [6, 6.07) is 83.4. The molecule has 1 N–H and O–H groups in total. The van der Waals surface area contributed by atoms with Gasteiger partial charge in [0.25, 0.3) is 0 Å². The summed E-state index contributed by atoms with van der Waals surface area (Å²) in [5, 5.41) is 8.87. The lowest BCUT2D eigenvalue weighted by atomic mass is 9.92. The molecule has 10 aromatic carbocycles. The maximum Gasteiger partial charge on any atom is 0.309 e. The zero-order valence-corrected chi connectivity index (χ0v) is 48.3. The number of carboxylic acids is 1. The van der Waals surface area contributed by atoms with Crippen LogP contribution in [0.5, 0.6) is 0 Å². The van der Waals surface area contributed by atoms with Crippen LogP contribution in [-0.2, 0) is 35.1 Å². The molecule has 5 aliphatic carbocycles. The second kappa shape index (κ2) is 27.0. The fourth-order valence-electron chi connectivity index (χ4n) is 12.6. The Morgan fingerprint density at radius 1 is 0.384 bits per heavy atom. The molecule has 0 bridgehead atoms. The Labute approximate surface area is 503 Å². The molecule has 0 aliphatic heterocycles. The van der Waals surface area contributed by atoms with Gasteiger partial charge in [0, 0.05) is 12.3 Å². The largest absolute Gasteiger partial charge is 0.481 e. The van der Waals surface area contributed by atoms with Gasteiger partial charge >= 0.3 is 17.9 Å². The maximum absolute atomic E-state index is 11.6. The van der Waals surface area contributed by atoms with Crippen LogP contribution in [0.4, 0.5) is 0 Å². The van der Waals surface area contributed by atoms with E-state index in [4.69, 9.17) is 14.6 Å². The van der Waals surface area contributed by atoms with Crippen molar-refractivity contribution >= 4 is 35.3 Å². The van der Waals surface area contributed by atoms with E-state index in [1.165, 1.54) is 100 Å². The predicted molar refractivity (Wildman–Crippen MR) is 345 cm³/mol. The van der Waals surface area contributed by atoms with Crippen molar-refractivity contribution < 1.29 is 33.8 Å². The summed E-state index contributed by atoms with van der Waals surface area (Å²) in [6.45, 7) is 4.50. The highest BCUT2D eigenvalue weighted by atomic mass is 16.5. The molecule has 0 heterocycles. The molecule has 0 aromatic heterocycles. The molecule has 10 aromatic rings. The van der Waals surface area contributed by atoms with Gasteiger partial charge in [-0.3, -0.25) is 14.4 Å². The van der Waals surface area contributed by atoms with Gasteiger partial charge in [0.15, 0.2) is 0 Å². The number of hydrogen-bond donors (Lipinski definition) is 1. The molecule has 0 saturated carbocycles. The first-order chi connectivity index (χ1) is 42.3. The van der Waals surface area contributed by atoms with Crippen LogP contribution in [0.3, 0.4) is 0 Å². The number of fused-ring (bicyclic) bond motifs is 15. The molecule has 7 heteroatoms. The van der Waals surface area contributed by atoms with E-state index in [1.807, 2.05) is 135 Å². The monoisotopic (exact) mass is 1130 g/mol. The molecule has 424 valence electrons. The second-order valence-electron chi connectivity index (χ2n) is 21.4. The summed E-state index contributed by atoms with van der Waals surface area (Å²) in [7, 11) is 0. The van der Waals surface area contributed by atoms with Crippen molar-refractivity contribution in [2.45, 2.75) is 57.8 Å². The number of aliphatic carboxylic acids is 1. The zero-order chi connectivity index (χ0) is 59.4. The van der Waals surface area contributed by atoms with E-state index in [2.05, 4.69) is 133 Å². The minimum Gasteiger partial charge on any atom is -0.481 e. The summed E-state index contributed by atoms with van der Waals surface area (Å²) >= 11 is 0. The van der Waals surface area contributed by atoms with Gasteiger partial charge in [-0.15, -0.1) is 0 Å². The number of benzene rings is 10. The Morgan fingerprint density at radius 2 is 0.663 bits per heavy atom. The highest BCUT2D eigenvalue weighted by Gasteiger charge is 2.30. The van der Waals surface area contributed by atoms with Gasteiger partial charge in [-0.25, -0.2) is 0 Å². The fourth-order valence-corrected chi connectivity index (χ4v) is 12.6. The van der Waals surface area contributed by atoms with Crippen LogP contribution in [0.25, 0.3) is 66.8 Å². The van der Waals surface area contributed by atoms with Crippen LogP contribution in [-0.4, -0.2) is 42.5 Å². The van der Waals surface area contributed by atoms with Gasteiger partial charge in [-0.05, 0) is 149 Å². The summed E-state index contributed by atoms with van der Waals surface area (Å²) in [6.07, 6.45) is 7.59. The zero-order valence-electron chi connectivity index (χ0n) is 48.3. The smallest absolute Gasteiger partial charge is 0.309 e. The lowest BCUT2D eigenvalue weighted by Gasteiger charge is -2.11. The summed E-state index contributed by atoms with van der Waals surface area (Å²) in [5.74, 6) is -0.925. The average molecular weight is 1130 g/mol. The Bertz CT molecular complexity index is 3850. The molecule has 7 nitrogen and oxygen atoms in total. The standard InChI is InChI=1S/2C18H16O2.C16H14O2.C14H10O.C13H10/c2*1-2-20-18(19)12-11-17-15-9-5-3-7-13(15)14-8-4-6-10-16(14)17;17-16(18)10-9-15-13-7-3-1-5-11(13)12-6-2-4-8-14(12)15;15-9-14-12-7-3-1-5-10(12)11-6-2-4-8-13(11)14;1-3-7-12-10(5-1)9-11-6-2-4-8-13(11)12/h2*3-11H,2,12H2,1H3;1-8,15H,9-10H2,(H,17,18);1-9,14H;1-8H,9H2. The molecule has 0 radical (unpaired) electrons. The topological polar surface area (TPSA) is 107 Å². The van der Waals surface area contributed by atoms with Gasteiger partial charge in [0.2, 0.25) is 0 Å². The third-order valence-corrected chi connectivity index (χ3v) is 16.3. The van der Waals surface area contributed by atoms with Crippen LogP contribution in [0.1, 0.15) is 107 Å². The fraction of sp³-hybridized carbons (Fsp3) is 0.139. The number of carbonyl (C=O) groups excluding carboxylic acids is 3. The minimum atomic E-state index is -0.725. The number of esters is 2. The van der Waals surface area contributed by atoms with Gasteiger partial charge < -0.3 is 19.4 Å². The van der Waals surface area contributed by atoms with Crippen molar-refractivity contribution in [1.29, 1.82) is 0 Å². The van der Waals surface area contributed by atoms with Crippen LogP contribution in [0.15, 0.2) is 255 Å². The average Bonchev–Trinajstić information content (AvgIpc) is 2.38.